The van der Waals surface area contributed by atoms with Crippen molar-refractivity contribution in [2.24, 2.45) is 0 Å². The van der Waals surface area contributed by atoms with Gasteiger partial charge in [-0.25, -0.2) is 4.39 Å². The lowest BCUT2D eigenvalue weighted by atomic mass is 9.93. The minimum absolute atomic E-state index is 0.114. The summed E-state index contributed by atoms with van der Waals surface area (Å²) in [7, 11) is 0. The second kappa shape index (κ2) is 5.97. The van der Waals surface area contributed by atoms with Crippen LogP contribution in [-0.2, 0) is 16.8 Å². The van der Waals surface area contributed by atoms with E-state index in [0.717, 1.165) is 5.39 Å². The third kappa shape index (κ3) is 2.89. The Morgan fingerprint density at radius 2 is 2.00 bits per heavy atom. The number of para-hydroxylation sites is 1. The molecule has 1 saturated heterocycles. The Morgan fingerprint density at radius 1 is 1.24 bits per heavy atom. The van der Waals surface area contributed by atoms with Gasteiger partial charge in [-0.3, -0.25) is 4.79 Å². The fourth-order valence-corrected chi connectivity index (χ4v) is 3.32. The molecule has 1 aliphatic heterocycles. The maximum Gasteiger partial charge on any atom is 0.228 e. The van der Waals surface area contributed by atoms with Gasteiger partial charge in [0, 0.05) is 11.9 Å². The molecule has 1 N–H and O–H groups in total. The van der Waals surface area contributed by atoms with Crippen LogP contribution in [0.3, 0.4) is 0 Å². The van der Waals surface area contributed by atoms with Gasteiger partial charge < -0.3 is 14.5 Å². The van der Waals surface area contributed by atoms with Crippen molar-refractivity contribution in [3.63, 3.8) is 0 Å². The molecule has 1 unspecified atom stereocenters. The second-order valence-corrected chi connectivity index (χ2v) is 6.41. The molecular formula is C19H17FN2O3. The standard InChI is InChI=1S/C19H17FN2O3/c20-14-7-5-13(6-8-14)19(24)9-10-22(12-19)18(23)11-16-15-3-1-2-4-17(15)25-21-16/h1-8,24H,9-12H2. The SMILES string of the molecule is O=C(Cc1noc2ccccc12)N1CCC(O)(c2ccc(F)cc2)C1. The fraction of sp³-hybridized carbons (Fsp3) is 0.263. The van der Waals surface area contributed by atoms with Gasteiger partial charge in [-0.2, -0.15) is 0 Å². The van der Waals surface area contributed by atoms with Crippen LogP contribution >= 0.6 is 0 Å². The topological polar surface area (TPSA) is 66.6 Å². The van der Waals surface area contributed by atoms with Crippen molar-refractivity contribution in [2.45, 2.75) is 18.4 Å². The Hall–Kier alpha value is -2.73. The largest absolute Gasteiger partial charge is 0.383 e. The Morgan fingerprint density at radius 3 is 2.80 bits per heavy atom. The van der Waals surface area contributed by atoms with Crippen LogP contribution in [0.1, 0.15) is 17.7 Å². The molecule has 5 nitrogen and oxygen atoms in total. The summed E-state index contributed by atoms with van der Waals surface area (Å²) in [6.45, 7) is 0.635. The van der Waals surface area contributed by atoms with E-state index in [1.807, 2.05) is 18.2 Å². The first-order chi connectivity index (χ1) is 12.0. The number of rotatable bonds is 3. The van der Waals surface area contributed by atoms with Crippen molar-refractivity contribution in [3.8, 4) is 0 Å². The third-order valence-electron chi connectivity index (χ3n) is 4.75. The van der Waals surface area contributed by atoms with Crippen LogP contribution in [0.2, 0.25) is 0 Å². The quantitative estimate of drug-likeness (QED) is 0.796. The van der Waals surface area contributed by atoms with Gasteiger partial charge in [-0.1, -0.05) is 29.4 Å². The van der Waals surface area contributed by atoms with E-state index < -0.39 is 5.60 Å². The number of amides is 1. The molecule has 0 spiro atoms. The highest BCUT2D eigenvalue weighted by molar-refractivity contribution is 5.86. The average molecular weight is 340 g/mol. The van der Waals surface area contributed by atoms with E-state index in [4.69, 9.17) is 4.52 Å². The van der Waals surface area contributed by atoms with Crippen LogP contribution in [0.15, 0.2) is 53.1 Å². The Balaban J connectivity index is 1.49. The number of fused-ring (bicyclic) bond motifs is 1. The number of likely N-dealkylation sites (tertiary alicyclic amines) is 1. The summed E-state index contributed by atoms with van der Waals surface area (Å²) in [5.74, 6) is -0.465. The zero-order chi connectivity index (χ0) is 17.4. The van der Waals surface area contributed by atoms with Gasteiger partial charge in [-0.05, 0) is 36.2 Å². The predicted molar refractivity (Wildman–Crippen MR) is 89.2 cm³/mol. The molecule has 6 heteroatoms. The second-order valence-electron chi connectivity index (χ2n) is 6.41. The van der Waals surface area contributed by atoms with Crippen LogP contribution < -0.4 is 0 Å². The van der Waals surface area contributed by atoms with E-state index in [0.29, 0.717) is 29.8 Å². The first kappa shape index (κ1) is 15.8. The normalized spacial score (nSPS) is 20.3. The van der Waals surface area contributed by atoms with Gasteiger partial charge >= 0.3 is 0 Å². The van der Waals surface area contributed by atoms with E-state index >= 15 is 0 Å². The van der Waals surface area contributed by atoms with Crippen molar-refractivity contribution >= 4 is 16.9 Å². The summed E-state index contributed by atoms with van der Waals surface area (Å²) in [5.41, 5.74) is 0.721. The molecule has 4 rings (SSSR count). The van der Waals surface area contributed by atoms with Gasteiger partial charge in [0.1, 0.15) is 17.1 Å². The zero-order valence-corrected chi connectivity index (χ0v) is 13.5. The number of hydrogen-bond acceptors (Lipinski definition) is 4. The molecule has 0 saturated carbocycles. The van der Waals surface area contributed by atoms with E-state index in [1.165, 1.54) is 12.1 Å². The molecule has 1 aromatic heterocycles. The molecule has 2 heterocycles. The fourth-order valence-electron chi connectivity index (χ4n) is 3.32. The van der Waals surface area contributed by atoms with Gasteiger partial charge in [0.15, 0.2) is 5.58 Å². The summed E-state index contributed by atoms with van der Waals surface area (Å²) in [5, 5.41) is 15.6. The molecular weight excluding hydrogens is 323 g/mol. The van der Waals surface area contributed by atoms with Crippen LogP contribution in [0.4, 0.5) is 4.39 Å². The number of β-amino-alcohol motifs (C(OH)–C–C–N with tert-alkyl or cyclic N) is 1. The maximum absolute atomic E-state index is 13.1. The number of carbonyl (C=O) groups excluding carboxylic acids is 1. The first-order valence-corrected chi connectivity index (χ1v) is 8.15. The summed E-state index contributed by atoms with van der Waals surface area (Å²) in [4.78, 5) is 14.2. The van der Waals surface area contributed by atoms with Gasteiger partial charge in [0.25, 0.3) is 0 Å². The molecule has 1 aliphatic rings. The molecule has 0 aliphatic carbocycles. The molecule has 1 fully saturated rings. The minimum Gasteiger partial charge on any atom is -0.383 e. The predicted octanol–water partition coefficient (Wildman–Crippen LogP) is 2.63. The van der Waals surface area contributed by atoms with Crippen LogP contribution in [0.25, 0.3) is 11.0 Å². The minimum atomic E-state index is -1.14. The summed E-state index contributed by atoms with van der Waals surface area (Å²) >= 11 is 0. The first-order valence-electron chi connectivity index (χ1n) is 8.15. The highest BCUT2D eigenvalue weighted by Gasteiger charge is 2.39. The maximum atomic E-state index is 13.1. The molecule has 128 valence electrons. The number of aliphatic hydroxyl groups is 1. The Bertz CT molecular complexity index is 922. The molecule has 1 atom stereocenters. The van der Waals surface area contributed by atoms with Crippen molar-refractivity contribution in [1.29, 1.82) is 0 Å². The van der Waals surface area contributed by atoms with Crippen molar-refractivity contribution < 1.29 is 18.8 Å². The van der Waals surface area contributed by atoms with Gasteiger partial charge in [0.2, 0.25) is 5.91 Å². The number of carbonyl (C=O) groups is 1. The Kier molecular flexibility index (Phi) is 3.77. The molecule has 25 heavy (non-hydrogen) atoms. The van der Waals surface area contributed by atoms with Crippen LogP contribution in [0, 0.1) is 5.82 Å². The summed E-state index contributed by atoms with van der Waals surface area (Å²) in [6.07, 6.45) is 0.542. The highest BCUT2D eigenvalue weighted by Crippen LogP contribution is 2.32. The molecule has 3 aromatic rings. The van der Waals surface area contributed by atoms with Gasteiger partial charge in [-0.15, -0.1) is 0 Å². The third-order valence-corrected chi connectivity index (χ3v) is 4.75. The summed E-state index contributed by atoms with van der Waals surface area (Å²) < 4.78 is 18.3. The lowest BCUT2D eigenvalue weighted by molar-refractivity contribution is -0.130. The van der Waals surface area contributed by atoms with E-state index in [2.05, 4.69) is 5.16 Å². The number of aromatic nitrogens is 1. The van der Waals surface area contributed by atoms with E-state index in [-0.39, 0.29) is 24.7 Å². The van der Waals surface area contributed by atoms with Gasteiger partial charge in [0.05, 0.1) is 13.0 Å². The number of benzene rings is 2. The lowest BCUT2D eigenvalue weighted by Crippen LogP contribution is -2.35. The molecule has 2 aromatic carbocycles. The molecule has 1 amide bonds. The van der Waals surface area contributed by atoms with Crippen molar-refractivity contribution in [2.75, 3.05) is 13.1 Å². The smallest absolute Gasteiger partial charge is 0.228 e. The van der Waals surface area contributed by atoms with Crippen LogP contribution in [-0.4, -0.2) is 34.2 Å². The summed E-state index contributed by atoms with van der Waals surface area (Å²) in [6, 6.07) is 13.2. The highest BCUT2D eigenvalue weighted by atomic mass is 19.1. The molecule has 0 radical (unpaired) electrons. The van der Waals surface area contributed by atoms with Crippen molar-refractivity contribution in [3.05, 3.63) is 65.6 Å². The van der Waals surface area contributed by atoms with E-state index in [1.54, 1.807) is 23.1 Å². The number of nitrogens with zero attached hydrogens (tertiary/aromatic N) is 2. The van der Waals surface area contributed by atoms with E-state index in [9.17, 15) is 14.3 Å². The monoisotopic (exact) mass is 340 g/mol. The average Bonchev–Trinajstić information content (AvgIpc) is 3.21. The van der Waals surface area contributed by atoms with Crippen molar-refractivity contribution in [1.82, 2.24) is 10.1 Å². The lowest BCUT2D eigenvalue weighted by Gasteiger charge is -2.24. The number of hydrogen-bond donors (Lipinski definition) is 1. The zero-order valence-electron chi connectivity index (χ0n) is 13.5. The van der Waals surface area contributed by atoms with Crippen LogP contribution in [0.5, 0.6) is 0 Å². The Labute approximate surface area is 143 Å². The number of halogens is 1. The molecule has 0 bridgehead atoms.